The number of hydrogen-bond donors (Lipinski definition) is 2. The van der Waals surface area contributed by atoms with Crippen LogP contribution >= 0.6 is 11.6 Å². The van der Waals surface area contributed by atoms with Gasteiger partial charge in [-0.1, -0.05) is 17.7 Å². The molecule has 5 rings (SSSR count). The van der Waals surface area contributed by atoms with Gasteiger partial charge in [-0.15, -0.1) is 0 Å². The molecule has 1 saturated heterocycles. The first-order chi connectivity index (χ1) is 14.0. The first kappa shape index (κ1) is 18.0. The molecule has 3 heterocycles. The van der Waals surface area contributed by atoms with Crippen molar-refractivity contribution >= 4 is 34.3 Å². The van der Waals surface area contributed by atoms with Gasteiger partial charge < -0.3 is 14.9 Å². The summed E-state index contributed by atoms with van der Waals surface area (Å²) in [5, 5.41) is 18.6. The van der Waals surface area contributed by atoms with Crippen molar-refractivity contribution in [2.45, 2.75) is 25.9 Å². The maximum absolute atomic E-state index is 13.1. The third-order valence-corrected chi connectivity index (χ3v) is 5.92. The van der Waals surface area contributed by atoms with Gasteiger partial charge >= 0.3 is 0 Å². The molecule has 0 saturated carbocycles. The number of carbonyl (C=O) groups excluding carboxylic acids is 2. The van der Waals surface area contributed by atoms with E-state index >= 15 is 0 Å². The number of aromatic amines is 1. The molecule has 1 aromatic heterocycles. The van der Waals surface area contributed by atoms with Gasteiger partial charge in [0.25, 0.3) is 11.8 Å². The van der Waals surface area contributed by atoms with Crippen LogP contribution in [0.25, 0.3) is 10.9 Å². The number of likely N-dealkylation sites (tertiary alicyclic amines) is 1. The monoisotopic (exact) mass is 410 g/mol. The average molecular weight is 411 g/mol. The lowest BCUT2D eigenvalue weighted by atomic mass is 10.1. The number of nitrogens with one attached hydrogen (secondary N) is 1. The van der Waals surface area contributed by atoms with Gasteiger partial charge in [-0.25, -0.2) is 0 Å². The minimum Gasteiger partial charge on any atom is -0.507 e. The van der Waals surface area contributed by atoms with E-state index in [4.69, 9.17) is 11.6 Å². The van der Waals surface area contributed by atoms with E-state index in [1.807, 2.05) is 12.1 Å². The van der Waals surface area contributed by atoms with E-state index in [2.05, 4.69) is 10.2 Å². The molecule has 0 spiro atoms. The zero-order valence-corrected chi connectivity index (χ0v) is 16.4. The fourth-order valence-electron chi connectivity index (χ4n) is 4.13. The summed E-state index contributed by atoms with van der Waals surface area (Å²) in [5.74, 6) is -0.584. The molecule has 2 amide bonds. The number of fused-ring (bicyclic) bond motifs is 2. The Balaban J connectivity index is 1.48. The van der Waals surface area contributed by atoms with Crippen molar-refractivity contribution in [1.82, 2.24) is 20.0 Å². The van der Waals surface area contributed by atoms with Crippen LogP contribution in [-0.4, -0.2) is 50.0 Å². The Morgan fingerprint density at radius 3 is 2.55 bits per heavy atom. The largest absolute Gasteiger partial charge is 0.507 e. The van der Waals surface area contributed by atoms with Gasteiger partial charge in [-0.3, -0.25) is 14.7 Å². The van der Waals surface area contributed by atoms with Gasteiger partial charge in [0, 0.05) is 42.7 Å². The van der Waals surface area contributed by atoms with Gasteiger partial charge in [0.15, 0.2) is 5.69 Å². The molecular weight excluding hydrogens is 392 g/mol. The Morgan fingerprint density at radius 2 is 1.76 bits per heavy atom. The number of amides is 2. The van der Waals surface area contributed by atoms with E-state index in [1.54, 1.807) is 21.9 Å². The number of aromatic hydroxyl groups is 1. The van der Waals surface area contributed by atoms with Gasteiger partial charge in [0.05, 0.1) is 11.1 Å². The molecule has 2 aliphatic rings. The van der Waals surface area contributed by atoms with E-state index in [0.717, 1.165) is 24.0 Å². The summed E-state index contributed by atoms with van der Waals surface area (Å²) in [6, 6.07) is 8.60. The van der Waals surface area contributed by atoms with Gasteiger partial charge in [0.2, 0.25) is 0 Å². The molecule has 148 valence electrons. The number of phenols is 1. The molecule has 2 aliphatic heterocycles. The van der Waals surface area contributed by atoms with E-state index < -0.39 is 0 Å². The van der Waals surface area contributed by atoms with Crippen LogP contribution < -0.4 is 0 Å². The summed E-state index contributed by atoms with van der Waals surface area (Å²) in [7, 11) is 0. The van der Waals surface area contributed by atoms with Crippen LogP contribution in [0.15, 0.2) is 30.3 Å². The predicted octanol–water partition coefficient (Wildman–Crippen LogP) is 3.31. The first-order valence-corrected chi connectivity index (χ1v) is 9.96. The highest BCUT2D eigenvalue weighted by molar-refractivity contribution is 6.30. The Bertz CT molecular complexity index is 1150. The quantitative estimate of drug-likeness (QED) is 0.678. The van der Waals surface area contributed by atoms with Crippen molar-refractivity contribution in [3.8, 4) is 5.75 Å². The number of nitrogens with zero attached hydrogens (tertiary/aromatic N) is 3. The number of carbonyl (C=O) groups is 2. The number of rotatable bonds is 2. The highest BCUT2D eigenvalue weighted by Gasteiger charge is 2.29. The molecule has 1 fully saturated rings. The molecule has 0 aliphatic carbocycles. The molecule has 3 aromatic rings. The number of H-pyrrole nitrogens is 1. The third-order valence-electron chi connectivity index (χ3n) is 5.68. The highest BCUT2D eigenvalue weighted by atomic mass is 35.5. The molecule has 2 aromatic carbocycles. The van der Waals surface area contributed by atoms with Crippen molar-refractivity contribution in [2.24, 2.45) is 0 Å². The van der Waals surface area contributed by atoms with Crippen LogP contribution in [0.3, 0.4) is 0 Å². The van der Waals surface area contributed by atoms with Gasteiger partial charge in [0.1, 0.15) is 5.75 Å². The maximum Gasteiger partial charge on any atom is 0.274 e. The summed E-state index contributed by atoms with van der Waals surface area (Å²) in [5.41, 5.74) is 3.01. The fraction of sp³-hybridized carbons (Fsp3) is 0.286. The highest BCUT2D eigenvalue weighted by Crippen LogP contribution is 2.31. The van der Waals surface area contributed by atoms with E-state index in [9.17, 15) is 14.7 Å². The molecule has 0 atom stereocenters. The van der Waals surface area contributed by atoms with Crippen LogP contribution in [-0.2, 0) is 13.1 Å². The molecule has 8 heteroatoms. The SMILES string of the molecule is O=C(c1cc2c(C(=O)N3CCCC3)n[nH]c2cc1O)N1Cc2ccc(Cl)cc2C1. The van der Waals surface area contributed by atoms with Crippen molar-refractivity contribution in [3.05, 3.63) is 57.7 Å². The van der Waals surface area contributed by atoms with E-state index in [1.165, 1.54) is 6.07 Å². The van der Waals surface area contributed by atoms with Crippen LogP contribution in [0.4, 0.5) is 0 Å². The lowest BCUT2D eigenvalue weighted by molar-refractivity contribution is 0.0746. The Labute approximate surface area is 171 Å². The molecule has 7 nitrogen and oxygen atoms in total. The van der Waals surface area contributed by atoms with Crippen molar-refractivity contribution in [2.75, 3.05) is 13.1 Å². The summed E-state index contributed by atoms with van der Waals surface area (Å²) in [6.45, 7) is 2.31. The number of halogens is 1. The maximum atomic E-state index is 13.1. The Morgan fingerprint density at radius 1 is 1.00 bits per heavy atom. The van der Waals surface area contributed by atoms with Crippen molar-refractivity contribution in [3.63, 3.8) is 0 Å². The van der Waals surface area contributed by atoms with Crippen LogP contribution in [0.2, 0.25) is 5.02 Å². The molecule has 29 heavy (non-hydrogen) atoms. The number of benzene rings is 2. The van der Waals surface area contributed by atoms with Crippen LogP contribution in [0.5, 0.6) is 5.75 Å². The lowest BCUT2D eigenvalue weighted by Gasteiger charge is -2.17. The second-order valence-electron chi connectivity index (χ2n) is 7.56. The fourth-order valence-corrected chi connectivity index (χ4v) is 4.33. The summed E-state index contributed by atoms with van der Waals surface area (Å²) in [4.78, 5) is 29.4. The van der Waals surface area contributed by atoms with Crippen LogP contribution in [0, 0.1) is 0 Å². The first-order valence-electron chi connectivity index (χ1n) is 9.58. The van der Waals surface area contributed by atoms with Crippen molar-refractivity contribution in [1.29, 1.82) is 0 Å². The molecule has 0 radical (unpaired) electrons. The number of hydrogen-bond acceptors (Lipinski definition) is 4. The Kier molecular flexibility index (Phi) is 4.20. The molecule has 0 unspecified atom stereocenters. The standard InChI is InChI=1S/C21H19ClN4O3/c22-14-4-3-12-10-26(11-13(12)7-14)20(28)16-8-15-17(9-18(16)27)23-24-19(15)21(29)25-5-1-2-6-25/h3-4,7-9,27H,1-2,5-6,10-11H2,(H,23,24). The predicted molar refractivity (Wildman–Crippen MR) is 108 cm³/mol. The second kappa shape index (κ2) is 6.77. The zero-order chi connectivity index (χ0) is 20.1. The summed E-state index contributed by atoms with van der Waals surface area (Å²) >= 11 is 6.06. The van der Waals surface area contributed by atoms with E-state index in [0.29, 0.717) is 42.1 Å². The number of aromatic nitrogens is 2. The summed E-state index contributed by atoms with van der Waals surface area (Å²) < 4.78 is 0. The topological polar surface area (TPSA) is 89.5 Å². The van der Waals surface area contributed by atoms with Crippen molar-refractivity contribution < 1.29 is 14.7 Å². The molecule has 2 N–H and O–H groups in total. The van der Waals surface area contributed by atoms with E-state index in [-0.39, 0.29) is 28.8 Å². The second-order valence-corrected chi connectivity index (χ2v) is 8.00. The molecular formula is C21H19ClN4O3. The average Bonchev–Trinajstić information content (AvgIpc) is 3.44. The normalized spacial score (nSPS) is 15.9. The van der Waals surface area contributed by atoms with Gasteiger partial charge in [-0.05, 0) is 42.2 Å². The lowest BCUT2D eigenvalue weighted by Crippen LogP contribution is -2.28. The van der Waals surface area contributed by atoms with Crippen LogP contribution in [0.1, 0.15) is 44.8 Å². The smallest absolute Gasteiger partial charge is 0.274 e. The third kappa shape index (κ3) is 3.02. The minimum atomic E-state index is -0.294. The van der Waals surface area contributed by atoms with Gasteiger partial charge in [-0.2, -0.15) is 5.10 Å². The number of phenolic OH excluding ortho intramolecular Hbond substituents is 1. The summed E-state index contributed by atoms with van der Waals surface area (Å²) in [6.07, 6.45) is 1.97. The molecule has 0 bridgehead atoms. The Hall–Kier alpha value is -3.06. The minimum absolute atomic E-state index is 0.139. The zero-order valence-electron chi connectivity index (χ0n) is 15.6.